The van der Waals surface area contributed by atoms with Crippen LogP contribution in [0.2, 0.25) is 0 Å². The molecule has 2 amide bonds. The van der Waals surface area contributed by atoms with E-state index >= 15 is 0 Å². The molecule has 2 aromatic heterocycles. The third-order valence-electron chi connectivity index (χ3n) is 5.19. The Balaban J connectivity index is 1.43. The predicted molar refractivity (Wildman–Crippen MR) is 117 cm³/mol. The Kier molecular flexibility index (Phi) is 6.07. The van der Waals surface area contributed by atoms with Crippen LogP contribution < -0.4 is 10.6 Å². The quantitative estimate of drug-likeness (QED) is 0.537. The number of nitrogens with one attached hydrogen (secondary N) is 2. The van der Waals surface area contributed by atoms with Gasteiger partial charge in [-0.15, -0.1) is 11.3 Å². The molecule has 1 saturated carbocycles. The van der Waals surface area contributed by atoms with Crippen molar-refractivity contribution in [2.45, 2.75) is 24.3 Å². The molecule has 2 heterocycles. The molecule has 1 fully saturated rings. The van der Waals surface area contributed by atoms with Crippen LogP contribution in [0.15, 0.2) is 48.1 Å². The Labute approximate surface area is 187 Å². The van der Waals surface area contributed by atoms with E-state index in [9.17, 15) is 18.4 Å². The summed E-state index contributed by atoms with van der Waals surface area (Å²) in [7, 11) is 3.23. The van der Waals surface area contributed by atoms with Gasteiger partial charge in [-0.2, -0.15) is 0 Å². The van der Waals surface area contributed by atoms with Gasteiger partial charge in [0.05, 0.1) is 23.8 Å². The highest BCUT2D eigenvalue weighted by Gasteiger charge is 2.57. The number of hydrogen-bond acceptors (Lipinski definition) is 5. The first-order chi connectivity index (χ1) is 15.3. The van der Waals surface area contributed by atoms with E-state index in [1.54, 1.807) is 59.7 Å². The number of thiazole rings is 1. The maximum Gasteiger partial charge on any atom is 0.255 e. The lowest BCUT2D eigenvalue weighted by molar-refractivity contribution is -0.119. The van der Waals surface area contributed by atoms with Gasteiger partial charge in [0.2, 0.25) is 0 Å². The second-order valence-electron chi connectivity index (χ2n) is 7.72. The second-order valence-corrected chi connectivity index (χ2v) is 8.58. The van der Waals surface area contributed by atoms with Gasteiger partial charge < -0.3 is 19.9 Å². The van der Waals surface area contributed by atoms with Crippen molar-refractivity contribution >= 4 is 28.3 Å². The molecule has 168 valence electrons. The molecular weight excluding hydrogens is 438 g/mol. The van der Waals surface area contributed by atoms with Gasteiger partial charge in [-0.3, -0.25) is 9.59 Å². The largest absolute Gasteiger partial charge is 0.382 e. The summed E-state index contributed by atoms with van der Waals surface area (Å²) in [5.74, 6) is -4.25. The van der Waals surface area contributed by atoms with E-state index in [0.29, 0.717) is 27.5 Å². The Bertz CT molecular complexity index is 1140. The fourth-order valence-electron chi connectivity index (χ4n) is 3.37. The minimum absolute atomic E-state index is 0.0136. The molecule has 7 nitrogen and oxygen atoms in total. The van der Waals surface area contributed by atoms with Crippen molar-refractivity contribution in [3.63, 3.8) is 0 Å². The average molecular weight is 461 g/mol. The Hall–Kier alpha value is -3.11. The zero-order chi connectivity index (χ0) is 22.9. The van der Waals surface area contributed by atoms with Crippen molar-refractivity contribution in [2.75, 3.05) is 19.0 Å². The van der Waals surface area contributed by atoms with Gasteiger partial charge in [-0.25, -0.2) is 13.8 Å². The van der Waals surface area contributed by atoms with Gasteiger partial charge in [0, 0.05) is 43.9 Å². The molecule has 32 heavy (non-hydrogen) atoms. The summed E-state index contributed by atoms with van der Waals surface area (Å²) in [6.45, 7) is -0.0136. The highest BCUT2D eigenvalue weighted by Crippen LogP contribution is 2.55. The molecule has 2 unspecified atom stereocenters. The zero-order valence-electron chi connectivity index (χ0n) is 17.5. The first kappa shape index (κ1) is 22.1. The molecule has 0 radical (unpaired) electrons. The average Bonchev–Trinajstić information content (AvgIpc) is 3.11. The van der Waals surface area contributed by atoms with Gasteiger partial charge in [0.1, 0.15) is 6.04 Å². The highest BCUT2D eigenvalue weighted by atomic mass is 32.1. The number of halogens is 2. The van der Waals surface area contributed by atoms with Crippen LogP contribution in [0.4, 0.5) is 13.9 Å². The van der Waals surface area contributed by atoms with Crippen LogP contribution in [0.3, 0.4) is 0 Å². The fraction of sp³-hybridized carbons (Fsp3) is 0.318. The predicted octanol–water partition coefficient (Wildman–Crippen LogP) is 3.65. The van der Waals surface area contributed by atoms with Crippen LogP contribution in [-0.2, 0) is 16.6 Å². The molecular formula is C22H22F2N4O3S. The normalized spacial score (nSPS) is 17.6. The number of ether oxygens (including phenoxy) is 1. The first-order valence-electron chi connectivity index (χ1n) is 9.93. The van der Waals surface area contributed by atoms with E-state index in [0.717, 1.165) is 0 Å². The molecule has 1 aliphatic rings. The van der Waals surface area contributed by atoms with Crippen molar-refractivity contribution in [3.05, 3.63) is 59.2 Å². The Morgan fingerprint density at radius 1 is 1.38 bits per heavy atom. The summed E-state index contributed by atoms with van der Waals surface area (Å²) in [6, 6.07) is 7.65. The van der Waals surface area contributed by atoms with Gasteiger partial charge in [0.25, 0.3) is 17.7 Å². The zero-order valence-corrected chi connectivity index (χ0v) is 18.3. The third kappa shape index (κ3) is 4.86. The van der Waals surface area contributed by atoms with Gasteiger partial charge in [-0.05, 0) is 17.7 Å². The minimum atomic E-state index is -2.64. The lowest BCUT2D eigenvalue weighted by atomic mass is 10.1. The van der Waals surface area contributed by atoms with Crippen LogP contribution in [-0.4, -0.2) is 47.0 Å². The van der Waals surface area contributed by atoms with Crippen molar-refractivity contribution in [3.8, 4) is 11.3 Å². The van der Waals surface area contributed by atoms with Crippen LogP contribution >= 0.6 is 11.3 Å². The molecule has 0 spiro atoms. The van der Waals surface area contributed by atoms with E-state index < -0.39 is 29.7 Å². The van der Waals surface area contributed by atoms with Gasteiger partial charge in [0.15, 0.2) is 5.13 Å². The summed E-state index contributed by atoms with van der Waals surface area (Å²) in [4.78, 5) is 29.5. The van der Waals surface area contributed by atoms with Crippen LogP contribution in [0.25, 0.3) is 11.3 Å². The van der Waals surface area contributed by atoms with Gasteiger partial charge >= 0.3 is 0 Å². The lowest BCUT2D eigenvalue weighted by Gasteiger charge is -2.16. The number of hydrogen-bond donors (Lipinski definition) is 2. The molecule has 0 bridgehead atoms. The molecule has 0 aliphatic heterocycles. The maximum atomic E-state index is 13.4. The summed E-state index contributed by atoms with van der Waals surface area (Å²) >= 11 is 1.21. The summed E-state index contributed by atoms with van der Waals surface area (Å²) < 4.78 is 33.6. The molecule has 4 rings (SSSR count). The maximum absolute atomic E-state index is 13.4. The number of anilines is 1. The van der Waals surface area contributed by atoms with E-state index in [2.05, 4.69) is 15.6 Å². The lowest BCUT2D eigenvalue weighted by Crippen LogP contribution is -2.46. The SMILES string of the molecule is COCC(NC(=O)c1ccn(C)c1)C(=O)Nc1nc(-c2cccc(C3CC3(F)F)c2)cs1. The summed E-state index contributed by atoms with van der Waals surface area (Å²) in [5, 5.41) is 7.43. The van der Waals surface area contributed by atoms with Crippen LogP contribution in [0, 0.1) is 0 Å². The molecule has 3 aromatic rings. The van der Waals surface area contributed by atoms with Crippen molar-refractivity contribution in [1.82, 2.24) is 14.9 Å². The van der Waals surface area contributed by atoms with E-state index in [-0.39, 0.29) is 13.0 Å². The number of amides is 2. The van der Waals surface area contributed by atoms with Crippen molar-refractivity contribution < 1.29 is 23.1 Å². The number of alkyl halides is 2. The smallest absolute Gasteiger partial charge is 0.255 e. The Morgan fingerprint density at radius 2 is 2.16 bits per heavy atom. The summed E-state index contributed by atoms with van der Waals surface area (Å²) in [5.41, 5.74) is 2.29. The standard InChI is InChI=1S/C22H22F2N4O3S/c1-28-7-6-15(10-28)19(29)25-17(11-31-2)20(30)27-21-26-18(12-32-21)14-5-3-4-13(8-14)16-9-22(16,23)24/h3-8,10,12,16-17H,9,11H2,1-2H3,(H,25,29)(H,26,27,30). The Morgan fingerprint density at radius 3 is 2.81 bits per heavy atom. The van der Waals surface area contributed by atoms with E-state index in [1.165, 1.54) is 18.4 Å². The van der Waals surface area contributed by atoms with Crippen molar-refractivity contribution in [1.29, 1.82) is 0 Å². The number of methoxy groups -OCH3 is 1. The molecule has 1 aromatic carbocycles. The topological polar surface area (TPSA) is 85.2 Å². The summed E-state index contributed by atoms with van der Waals surface area (Å²) in [6.07, 6.45) is 3.25. The second kappa shape index (κ2) is 8.79. The highest BCUT2D eigenvalue weighted by molar-refractivity contribution is 7.14. The molecule has 2 N–H and O–H groups in total. The minimum Gasteiger partial charge on any atom is -0.382 e. The number of carbonyl (C=O) groups is 2. The van der Waals surface area contributed by atoms with Crippen LogP contribution in [0.5, 0.6) is 0 Å². The van der Waals surface area contributed by atoms with Crippen molar-refractivity contribution in [2.24, 2.45) is 7.05 Å². The number of aromatic nitrogens is 2. The molecule has 2 atom stereocenters. The fourth-order valence-corrected chi connectivity index (χ4v) is 4.10. The number of aryl methyl sites for hydroxylation is 1. The number of nitrogens with zero attached hydrogens (tertiary/aromatic N) is 2. The number of carbonyl (C=O) groups excluding carboxylic acids is 2. The number of rotatable bonds is 8. The van der Waals surface area contributed by atoms with Crippen LogP contribution in [0.1, 0.15) is 28.3 Å². The third-order valence-corrected chi connectivity index (χ3v) is 5.95. The van der Waals surface area contributed by atoms with Gasteiger partial charge in [-0.1, -0.05) is 18.2 Å². The molecule has 10 heteroatoms. The van der Waals surface area contributed by atoms with E-state index in [4.69, 9.17) is 4.74 Å². The first-order valence-corrected chi connectivity index (χ1v) is 10.8. The number of benzene rings is 1. The molecule has 1 aliphatic carbocycles. The van der Waals surface area contributed by atoms with E-state index in [1.807, 2.05) is 0 Å². The molecule has 0 saturated heterocycles. The monoisotopic (exact) mass is 460 g/mol.